The quantitative estimate of drug-likeness (QED) is 0.158. The maximum atomic E-state index is 16.0. The maximum absolute atomic E-state index is 16.0. The van der Waals surface area contributed by atoms with Gasteiger partial charge >= 0.3 is 17.8 Å². The van der Waals surface area contributed by atoms with Crippen LogP contribution in [0.5, 0.6) is 0 Å². The first kappa shape index (κ1) is 34.0. The second kappa shape index (κ2) is 11.8. The van der Waals surface area contributed by atoms with Crippen LogP contribution in [0.1, 0.15) is 41.8 Å². The first-order valence-corrected chi connectivity index (χ1v) is 19.3. The highest BCUT2D eigenvalue weighted by atomic mass is 32.1. The van der Waals surface area contributed by atoms with Crippen molar-refractivity contribution in [1.82, 2.24) is 0 Å². The highest BCUT2D eigenvalue weighted by molar-refractivity contribution is 7.27. The molecule has 0 N–H and O–H groups in total. The molecule has 248 valence electrons. The minimum Gasteiger partial charge on any atom is -0.194 e. The summed E-state index contributed by atoms with van der Waals surface area (Å²) in [6.07, 6.45) is 0. The predicted molar refractivity (Wildman–Crippen MR) is 192 cm³/mol. The van der Waals surface area contributed by atoms with Gasteiger partial charge in [-0.05, 0) is 87.4 Å². The van der Waals surface area contributed by atoms with Gasteiger partial charge in [0.05, 0.1) is 0 Å². The average Bonchev–Trinajstić information content (AvgIpc) is 3.90. The summed E-state index contributed by atoms with van der Waals surface area (Å²) in [7, 11) is 0. The molecule has 0 amide bonds. The van der Waals surface area contributed by atoms with E-state index >= 15 is 26.3 Å². The Balaban J connectivity index is 1.39. The Bertz CT molecular complexity index is 2250. The largest absolute Gasteiger partial charge is 0.380 e. The summed E-state index contributed by atoms with van der Waals surface area (Å²) in [6.45, 7) is 6.01. The lowest BCUT2D eigenvalue weighted by atomic mass is 9.90. The summed E-state index contributed by atoms with van der Waals surface area (Å²) >= 11 is 7.49. The van der Waals surface area contributed by atoms with E-state index in [4.69, 9.17) is 0 Å². The highest BCUT2D eigenvalue weighted by Crippen LogP contribution is 2.67. The topological polar surface area (TPSA) is 47.6 Å². The molecule has 0 fully saturated rings. The first-order chi connectivity index (χ1) is 23.1. The highest BCUT2D eigenvalue weighted by Gasteiger charge is 2.80. The van der Waals surface area contributed by atoms with Gasteiger partial charge in [0.1, 0.15) is 21.9 Å². The number of allylic oxidation sites excluding steroid dienone is 2. The van der Waals surface area contributed by atoms with E-state index in [9.17, 15) is 10.5 Å². The average molecular weight is 775 g/mol. The number of nitrogens with zero attached hydrogens (tertiary/aromatic N) is 2. The van der Waals surface area contributed by atoms with Crippen LogP contribution in [0, 0.1) is 50.4 Å². The van der Waals surface area contributed by atoms with E-state index in [-0.39, 0.29) is 32.0 Å². The zero-order valence-electron chi connectivity index (χ0n) is 25.7. The Morgan fingerprint density at radius 3 is 1.14 bits per heavy atom. The third-order valence-corrected chi connectivity index (χ3v) is 15.7. The molecular formula is C35H20F6N2S6. The number of rotatable bonds is 6. The number of alkyl halides is 6. The SMILES string of the molecule is Cc1sc(-c2ccc(-c3ccc(C#N)s3)s2)c(C)c1C1=C(c2c(C)sc(-c3ccc(-c4ccc(C#N)s4)s3)c2C)C(F)(F)C(F)(F)C1(F)F. The normalized spacial score (nSPS) is 16.3. The number of hydrogen-bond donors (Lipinski definition) is 0. The van der Waals surface area contributed by atoms with Crippen molar-refractivity contribution in [3.8, 4) is 51.2 Å². The van der Waals surface area contributed by atoms with E-state index in [1.807, 2.05) is 12.1 Å². The van der Waals surface area contributed by atoms with Crippen molar-refractivity contribution in [3.63, 3.8) is 0 Å². The minimum atomic E-state index is -5.67. The molecule has 0 radical (unpaired) electrons. The third kappa shape index (κ3) is 5.02. The molecule has 0 aliphatic heterocycles. The second-order valence-electron chi connectivity index (χ2n) is 11.3. The Morgan fingerprint density at radius 2 is 0.796 bits per heavy atom. The molecule has 0 atom stereocenters. The van der Waals surface area contributed by atoms with Crippen molar-refractivity contribution in [2.45, 2.75) is 45.5 Å². The number of aryl methyl sites for hydroxylation is 2. The van der Waals surface area contributed by atoms with Crippen LogP contribution in [0.3, 0.4) is 0 Å². The smallest absolute Gasteiger partial charge is 0.194 e. The lowest BCUT2D eigenvalue weighted by Crippen LogP contribution is -2.49. The van der Waals surface area contributed by atoms with E-state index in [1.165, 1.54) is 73.0 Å². The van der Waals surface area contributed by atoms with Crippen molar-refractivity contribution in [2.75, 3.05) is 0 Å². The van der Waals surface area contributed by atoms with E-state index < -0.39 is 28.9 Å². The molecule has 14 heteroatoms. The van der Waals surface area contributed by atoms with Gasteiger partial charge < -0.3 is 0 Å². The van der Waals surface area contributed by atoms with Crippen LogP contribution in [0.15, 0.2) is 48.5 Å². The molecule has 7 rings (SSSR count). The van der Waals surface area contributed by atoms with Crippen LogP contribution in [-0.2, 0) is 0 Å². The van der Waals surface area contributed by atoms with Gasteiger partial charge in [-0.3, -0.25) is 0 Å². The molecular weight excluding hydrogens is 755 g/mol. The van der Waals surface area contributed by atoms with Gasteiger partial charge in [0.2, 0.25) is 0 Å². The van der Waals surface area contributed by atoms with Crippen molar-refractivity contribution in [1.29, 1.82) is 10.5 Å². The van der Waals surface area contributed by atoms with Crippen LogP contribution in [0.25, 0.3) is 50.2 Å². The molecule has 49 heavy (non-hydrogen) atoms. The number of hydrogen-bond acceptors (Lipinski definition) is 8. The van der Waals surface area contributed by atoms with Gasteiger partial charge in [-0.1, -0.05) is 0 Å². The summed E-state index contributed by atoms with van der Waals surface area (Å²) in [5, 5.41) is 18.4. The van der Waals surface area contributed by atoms with Gasteiger partial charge in [0.25, 0.3) is 0 Å². The van der Waals surface area contributed by atoms with E-state index in [1.54, 1.807) is 36.4 Å². The minimum absolute atomic E-state index is 0.224. The van der Waals surface area contributed by atoms with Crippen LogP contribution in [-0.4, -0.2) is 17.8 Å². The van der Waals surface area contributed by atoms with Crippen molar-refractivity contribution in [3.05, 3.63) is 90.3 Å². The van der Waals surface area contributed by atoms with Crippen molar-refractivity contribution < 1.29 is 26.3 Å². The van der Waals surface area contributed by atoms with Gasteiger partial charge in [-0.15, -0.1) is 68.0 Å². The summed E-state index contributed by atoms with van der Waals surface area (Å²) < 4.78 is 95.0. The predicted octanol–water partition coefficient (Wildman–Crippen LogP) is 13.5. The van der Waals surface area contributed by atoms with Crippen LogP contribution in [0.4, 0.5) is 26.3 Å². The lowest BCUT2D eigenvalue weighted by molar-refractivity contribution is -0.254. The third-order valence-electron chi connectivity index (χ3n) is 8.39. The summed E-state index contributed by atoms with van der Waals surface area (Å²) in [5.74, 6) is -16.0. The molecule has 0 aromatic carbocycles. The molecule has 0 unspecified atom stereocenters. The van der Waals surface area contributed by atoms with Crippen molar-refractivity contribution >= 4 is 79.2 Å². The maximum Gasteiger partial charge on any atom is 0.380 e. The van der Waals surface area contributed by atoms with E-state index in [0.29, 0.717) is 29.3 Å². The number of nitriles is 2. The monoisotopic (exact) mass is 774 g/mol. The van der Waals surface area contributed by atoms with E-state index in [2.05, 4.69) is 12.1 Å². The number of halogens is 6. The Morgan fingerprint density at radius 1 is 0.469 bits per heavy atom. The van der Waals surface area contributed by atoms with Gasteiger partial charge in [0.15, 0.2) is 0 Å². The Kier molecular flexibility index (Phi) is 8.18. The molecule has 0 saturated carbocycles. The van der Waals surface area contributed by atoms with Crippen LogP contribution >= 0.6 is 68.0 Å². The summed E-state index contributed by atoms with van der Waals surface area (Å²) in [4.78, 5) is 7.25. The Hall–Kier alpha value is -3.50. The molecule has 0 bridgehead atoms. The van der Waals surface area contributed by atoms with Crippen LogP contribution in [0.2, 0.25) is 0 Å². The first-order valence-electron chi connectivity index (χ1n) is 14.4. The molecule has 6 heterocycles. The number of thiophene rings is 6. The van der Waals surface area contributed by atoms with E-state index in [0.717, 1.165) is 42.2 Å². The fraction of sp³-hybridized carbons (Fsp3) is 0.200. The molecule has 6 aromatic heterocycles. The second-order valence-corrected chi connectivity index (χ2v) is 18.1. The molecule has 1 aliphatic carbocycles. The van der Waals surface area contributed by atoms with Gasteiger partial charge in [-0.25, -0.2) is 0 Å². The molecule has 0 saturated heterocycles. The zero-order valence-corrected chi connectivity index (χ0v) is 30.6. The van der Waals surface area contributed by atoms with Crippen molar-refractivity contribution in [2.24, 2.45) is 0 Å². The van der Waals surface area contributed by atoms with Gasteiger partial charge in [-0.2, -0.15) is 36.9 Å². The standard InChI is InChI=1S/C35H20F6N2S6/c1-15-27(17(3)44-31(15)25-11-9-23(48-25)21-7-5-19(13-42)46-21)29-30(34(38,39)35(40,41)33(29,36)37)28-16(2)32(45-18(28)4)26-12-10-24(49-26)22-8-6-20(14-43)47-22/h5-12H,1-4H3. The summed E-state index contributed by atoms with van der Waals surface area (Å²) in [6, 6.07) is 18.4. The Labute approximate surface area is 301 Å². The van der Waals surface area contributed by atoms with Crippen LogP contribution < -0.4 is 0 Å². The van der Waals surface area contributed by atoms with Gasteiger partial charge in [0, 0.05) is 71.0 Å². The molecule has 1 aliphatic rings. The molecule has 6 aromatic rings. The zero-order chi connectivity index (χ0) is 35.2. The molecule has 2 nitrogen and oxygen atoms in total. The molecule has 0 spiro atoms. The fourth-order valence-electron chi connectivity index (χ4n) is 6.15. The fourth-order valence-corrected chi connectivity index (χ4v) is 12.6. The summed E-state index contributed by atoms with van der Waals surface area (Å²) in [5.41, 5.74) is -2.79. The lowest BCUT2D eigenvalue weighted by Gasteiger charge is -2.26.